The molecule has 84 valence electrons. The highest BCUT2D eigenvalue weighted by Crippen LogP contribution is 2.26. The third-order valence-electron chi connectivity index (χ3n) is 2.53. The SMILES string of the molecule is CCc1cc(=O)c2ccc(O)c(CO)c2o1. The quantitative estimate of drug-likeness (QED) is 0.805. The van der Waals surface area contributed by atoms with Gasteiger partial charge in [0.05, 0.1) is 17.6 Å². The molecule has 1 aromatic carbocycles. The molecule has 2 N–H and O–H groups in total. The van der Waals surface area contributed by atoms with E-state index in [1.165, 1.54) is 18.2 Å². The molecule has 0 radical (unpaired) electrons. The Morgan fingerprint density at radius 2 is 2.12 bits per heavy atom. The van der Waals surface area contributed by atoms with Gasteiger partial charge in [-0.2, -0.15) is 0 Å². The zero-order chi connectivity index (χ0) is 11.7. The predicted octanol–water partition coefficient (Wildman–Crippen LogP) is 1.55. The van der Waals surface area contributed by atoms with Crippen LogP contribution in [0, 0.1) is 0 Å². The molecule has 0 saturated carbocycles. The highest BCUT2D eigenvalue weighted by Gasteiger charge is 2.11. The van der Waals surface area contributed by atoms with E-state index in [2.05, 4.69) is 0 Å². The highest BCUT2D eigenvalue weighted by molar-refractivity contribution is 5.81. The van der Waals surface area contributed by atoms with Crippen LogP contribution >= 0.6 is 0 Å². The van der Waals surface area contributed by atoms with Crippen molar-refractivity contribution in [1.29, 1.82) is 0 Å². The van der Waals surface area contributed by atoms with Crippen LogP contribution in [0.15, 0.2) is 27.4 Å². The van der Waals surface area contributed by atoms with Gasteiger partial charge in [0.15, 0.2) is 5.43 Å². The minimum absolute atomic E-state index is 0.0635. The maximum atomic E-state index is 11.7. The fourth-order valence-corrected chi connectivity index (χ4v) is 1.64. The molecule has 0 unspecified atom stereocenters. The van der Waals surface area contributed by atoms with Crippen LogP contribution in [0.25, 0.3) is 11.0 Å². The molecule has 2 rings (SSSR count). The van der Waals surface area contributed by atoms with E-state index in [1.54, 1.807) is 0 Å². The molecule has 16 heavy (non-hydrogen) atoms. The monoisotopic (exact) mass is 220 g/mol. The van der Waals surface area contributed by atoms with Crippen LogP contribution in [0.1, 0.15) is 18.2 Å². The van der Waals surface area contributed by atoms with Crippen LogP contribution in [-0.4, -0.2) is 10.2 Å². The highest BCUT2D eigenvalue weighted by atomic mass is 16.3. The molecule has 0 aliphatic rings. The summed E-state index contributed by atoms with van der Waals surface area (Å²) in [6.07, 6.45) is 0.589. The van der Waals surface area contributed by atoms with Gasteiger partial charge in [0, 0.05) is 12.5 Å². The first-order valence-corrected chi connectivity index (χ1v) is 5.05. The lowest BCUT2D eigenvalue weighted by molar-refractivity contribution is 0.275. The van der Waals surface area contributed by atoms with E-state index in [0.717, 1.165) is 0 Å². The van der Waals surface area contributed by atoms with Gasteiger partial charge in [0.1, 0.15) is 17.1 Å². The van der Waals surface area contributed by atoms with Crippen LogP contribution in [0.2, 0.25) is 0 Å². The minimum Gasteiger partial charge on any atom is -0.507 e. The van der Waals surface area contributed by atoms with Crippen molar-refractivity contribution in [3.8, 4) is 5.75 Å². The Hall–Kier alpha value is -1.81. The van der Waals surface area contributed by atoms with Gasteiger partial charge in [-0.05, 0) is 12.1 Å². The Balaban J connectivity index is 2.90. The largest absolute Gasteiger partial charge is 0.507 e. The fourth-order valence-electron chi connectivity index (χ4n) is 1.64. The fraction of sp³-hybridized carbons (Fsp3) is 0.250. The number of hydrogen-bond donors (Lipinski definition) is 2. The van der Waals surface area contributed by atoms with Crippen LogP contribution in [0.3, 0.4) is 0 Å². The number of phenols is 1. The number of aromatic hydroxyl groups is 1. The van der Waals surface area contributed by atoms with Crippen molar-refractivity contribution in [3.63, 3.8) is 0 Å². The Morgan fingerprint density at radius 1 is 1.38 bits per heavy atom. The third kappa shape index (κ3) is 1.57. The number of aliphatic hydroxyl groups is 1. The second-order valence-electron chi connectivity index (χ2n) is 3.53. The Bertz CT molecular complexity index is 583. The van der Waals surface area contributed by atoms with Gasteiger partial charge < -0.3 is 14.6 Å². The first-order chi connectivity index (χ1) is 7.67. The summed E-state index contributed by atoms with van der Waals surface area (Å²) < 4.78 is 5.47. The summed E-state index contributed by atoms with van der Waals surface area (Å²) >= 11 is 0. The average Bonchev–Trinajstić information content (AvgIpc) is 2.28. The molecule has 0 spiro atoms. The maximum Gasteiger partial charge on any atom is 0.192 e. The summed E-state index contributed by atoms with van der Waals surface area (Å²) in [7, 11) is 0. The van der Waals surface area contributed by atoms with Gasteiger partial charge in [-0.25, -0.2) is 0 Å². The van der Waals surface area contributed by atoms with Crippen molar-refractivity contribution in [1.82, 2.24) is 0 Å². The van der Waals surface area contributed by atoms with Crippen molar-refractivity contribution < 1.29 is 14.6 Å². The van der Waals surface area contributed by atoms with Crippen LogP contribution in [0.5, 0.6) is 5.75 Å². The summed E-state index contributed by atoms with van der Waals surface area (Å²) in [6, 6.07) is 4.31. The van der Waals surface area contributed by atoms with Crippen molar-refractivity contribution in [2.45, 2.75) is 20.0 Å². The smallest absolute Gasteiger partial charge is 0.192 e. The lowest BCUT2D eigenvalue weighted by Crippen LogP contribution is -2.03. The molecular formula is C12H12O4. The number of benzene rings is 1. The Morgan fingerprint density at radius 3 is 2.75 bits per heavy atom. The van der Waals surface area contributed by atoms with Crippen LogP contribution in [-0.2, 0) is 13.0 Å². The third-order valence-corrected chi connectivity index (χ3v) is 2.53. The zero-order valence-electron chi connectivity index (χ0n) is 8.86. The summed E-state index contributed by atoms with van der Waals surface area (Å²) in [5.74, 6) is 0.476. The second-order valence-corrected chi connectivity index (χ2v) is 3.53. The topological polar surface area (TPSA) is 70.7 Å². The first kappa shape index (κ1) is 10.7. The average molecular weight is 220 g/mol. The second kappa shape index (κ2) is 3.98. The summed E-state index contributed by atoms with van der Waals surface area (Å²) in [5, 5.41) is 19.1. The standard InChI is InChI=1S/C12H12O4/c1-2-7-5-11(15)8-3-4-10(14)9(6-13)12(8)16-7/h3-5,13-14H,2,6H2,1H3. The Labute approximate surface area is 91.8 Å². The van der Waals surface area contributed by atoms with Gasteiger partial charge in [-0.15, -0.1) is 0 Å². The van der Waals surface area contributed by atoms with E-state index >= 15 is 0 Å². The molecule has 0 aliphatic heterocycles. The van der Waals surface area contributed by atoms with E-state index in [9.17, 15) is 9.90 Å². The first-order valence-electron chi connectivity index (χ1n) is 5.05. The van der Waals surface area contributed by atoms with E-state index in [1.807, 2.05) is 6.92 Å². The van der Waals surface area contributed by atoms with Crippen molar-refractivity contribution in [2.75, 3.05) is 0 Å². The summed E-state index contributed by atoms with van der Waals surface area (Å²) in [4.78, 5) is 11.7. The van der Waals surface area contributed by atoms with Gasteiger partial charge in [-0.3, -0.25) is 4.79 Å². The lowest BCUT2D eigenvalue weighted by Gasteiger charge is -2.06. The number of rotatable bonds is 2. The molecule has 0 saturated heterocycles. The molecular weight excluding hydrogens is 208 g/mol. The Kier molecular flexibility index (Phi) is 2.66. The van der Waals surface area contributed by atoms with Crippen LogP contribution < -0.4 is 5.43 Å². The molecule has 0 bridgehead atoms. The molecule has 1 heterocycles. The van der Waals surface area contributed by atoms with Gasteiger partial charge in [0.2, 0.25) is 0 Å². The van der Waals surface area contributed by atoms with Crippen molar-refractivity contribution in [3.05, 3.63) is 39.7 Å². The van der Waals surface area contributed by atoms with Crippen LogP contribution in [0.4, 0.5) is 0 Å². The number of aliphatic hydroxyl groups excluding tert-OH is 1. The summed E-state index contributed by atoms with van der Waals surface area (Å²) in [6.45, 7) is 1.50. The van der Waals surface area contributed by atoms with E-state index in [4.69, 9.17) is 9.52 Å². The van der Waals surface area contributed by atoms with Gasteiger partial charge >= 0.3 is 0 Å². The van der Waals surface area contributed by atoms with Gasteiger partial charge in [0.25, 0.3) is 0 Å². The molecule has 0 aliphatic carbocycles. The number of hydrogen-bond acceptors (Lipinski definition) is 4. The molecule has 0 atom stereocenters. The normalized spacial score (nSPS) is 10.9. The van der Waals surface area contributed by atoms with Crippen molar-refractivity contribution >= 4 is 11.0 Å². The maximum absolute atomic E-state index is 11.7. The number of fused-ring (bicyclic) bond motifs is 1. The molecule has 4 nitrogen and oxygen atoms in total. The zero-order valence-corrected chi connectivity index (χ0v) is 8.86. The van der Waals surface area contributed by atoms with Gasteiger partial charge in [-0.1, -0.05) is 6.92 Å². The lowest BCUT2D eigenvalue weighted by atomic mass is 10.1. The molecule has 2 aromatic rings. The number of aryl methyl sites for hydroxylation is 1. The summed E-state index contributed by atoms with van der Waals surface area (Å²) in [5.41, 5.74) is 0.365. The molecule has 4 heteroatoms. The van der Waals surface area contributed by atoms with Crippen molar-refractivity contribution in [2.24, 2.45) is 0 Å². The minimum atomic E-state index is -0.362. The molecule has 1 aromatic heterocycles. The van der Waals surface area contributed by atoms with E-state index in [-0.39, 0.29) is 28.9 Å². The van der Waals surface area contributed by atoms with E-state index in [0.29, 0.717) is 17.6 Å². The molecule has 0 fully saturated rings. The van der Waals surface area contributed by atoms with E-state index < -0.39 is 0 Å². The predicted molar refractivity (Wildman–Crippen MR) is 59.4 cm³/mol. The molecule has 0 amide bonds.